The number of carbonyl (C=O) groups is 2. The van der Waals surface area contributed by atoms with E-state index in [0.29, 0.717) is 6.54 Å². The van der Waals surface area contributed by atoms with Gasteiger partial charge < -0.3 is 25.0 Å². The predicted octanol–water partition coefficient (Wildman–Crippen LogP) is 4.68. The van der Waals surface area contributed by atoms with Crippen molar-refractivity contribution < 1.29 is 37.7 Å². The number of halogens is 2. The van der Waals surface area contributed by atoms with Gasteiger partial charge in [-0.05, 0) is 61.0 Å². The maximum absolute atomic E-state index is 13.2. The molecule has 3 rings (SSSR count). The third-order valence-corrected chi connectivity index (χ3v) is 6.97. The summed E-state index contributed by atoms with van der Waals surface area (Å²) in [6.07, 6.45) is -0.377. The molecule has 0 unspecified atom stereocenters. The molecule has 0 aliphatic carbocycles. The summed E-state index contributed by atoms with van der Waals surface area (Å²) in [7, 11) is -3.00. The van der Waals surface area contributed by atoms with Crippen LogP contribution in [0.25, 0.3) is 0 Å². The zero-order valence-corrected chi connectivity index (χ0v) is 21.9. The van der Waals surface area contributed by atoms with Gasteiger partial charge in [0.05, 0.1) is 24.2 Å². The Morgan fingerprint density at radius 2 is 1.76 bits per heavy atom. The highest BCUT2D eigenvalue weighted by atomic mass is 35.5. The van der Waals surface area contributed by atoms with E-state index in [-0.39, 0.29) is 55.4 Å². The molecule has 0 saturated carbocycles. The number of amides is 1. The normalized spacial score (nSPS) is 11.0. The minimum atomic E-state index is -4.29. The molecule has 0 fully saturated rings. The van der Waals surface area contributed by atoms with E-state index < -0.39 is 27.6 Å². The number of rotatable bonds is 10. The smallest absolute Gasteiger partial charge is 0.307 e. The summed E-state index contributed by atoms with van der Waals surface area (Å²) in [5.41, 5.74) is 0.229. The SMILES string of the molecule is CCNC(=O)c1ccc(Oc2c(O)cc(CC(=O)O)cc2OC)c(NS(=O)(=O)c2ccc(Cl)cc2Cl)c1. The van der Waals surface area contributed by atoms with Crippen LogP contribution in [0.15, 0.2) is 53.4 Å². The molecule has 10 nitrogen and oxygen atoms in total. The van der Waals surface area contributed by atoms with Crippen LogP contribution in [-0.2, 0) is 21.2 Å². The van der Waals surface area contributed by atoms with E-state index in [1.165, 1.54) is 55.6 Å². The summed E-state index contributed by atoms with van der Waals surface area (Å²) in [5.74, 6) is -2.32. The average Bonchev–Trinajstić information content (AvgIpc) is 2.80. The first-order valence-corrected chi connectivity index (χ1v) is 12.9. The summed E-state index contributed by atoms with van der Waals surface area (Å²) in [4.78, 5) is 23.2. The number of anilines is 1. The molecule has 3 aromatic carbocycles. The summed E-state index contributed by atoms with van der Waals surface area (Å²) < 4.78 is 39.7. The number of hydrogen-bond acceptors (Lipinski definition) is 7. The molecule has 37 heavy (non-hydrogen) atoms. The number of sulfonamides is 1. The Bertz CT molecular complexity index is 1460. The molecule has 3 aromatic rings. The van der Waals surface area contributed by atoms with Crippen molar-refractivity contribution in [2.24, 2.45) is 0 Å². The number of phenolic OH excluding ortho intramolecular Hbond substituents is 1. The summed E-state index contributed by atoms with van der Waals surface area (Å²) >= 11 is 12.0. The Morgan fingerprint density at radius 1 is 1.03 bits per heavy atom. The van der Waals surface area contributed by atoms with Crippen molar-refractivity contribution in [1.29, 1.82) is 0 Å². The van der Waals surface area contributed by atoms with Gasteiger partial charge in [-0.2, -0.15) is 0 Å². The molecule has 4 N–H and O–H groups in total. The molecule has 13 heteroatoms. The molecule has 0 aromatic heterocycles. The van der Waals surface area contributed by atoms with E-state index in [1.807, 2.05) is 0 Å². The topological polar surface area (TPSA) is 151 Å². The number of carbonyl (C=O) groups excluding carboxylic acids is 1. The molecule has 196 valence electrons. The van der Waals surface area contributed by atoms with Gasteiger partial charge in [-0.25, -0.2) is 8.42 Å². The van der Waals surface area contributed by atoms with Crippen molar-refractivity contribution >= 4 is 50.8 Å². The van der Waals surface area contributed by atoms with E-state index >= 15 is 0 Å². The molecule has 0 heterocycles. The van der Waals surface area contributed by atoms with Gasteiger partial charge in [0.1, 0.15) is 4.90 Å². The molecular weight excluding hydrogens is 547 g/mol. The number of carboxylic acid groups (broad SMARTS) is 1. The third-order valence-electron chi connectivity index (χ3n) is 4.89. The Kier molecular flexibility index (Phi) is 8.74. The van der Waals surface area contributed by atoms with Gasteiger partial charge in [0.15, 0.2) is 17.2 Å². The second kappa shape index (κ2) is 11.6. The highest BCUT2D eigenvalue weighted by molar-refractivity contribution is 7.92. The zero-order valence-electron chi connectivity index (χ0n) is 19.5. The average molecular weight is 569 g/mol. The number of hydrogen-bond donors (Lipinski definition) is 4. The van der Waals surface area contributed by atoms with Crippen LogP contribution in [0.4, 0.5) is 5.69 Å². The molecule has 0 radical (unpaired) electrons. The Balaban J connectivity index is 2.09. The van der Waals surface area contributed by atoms with Crippen LogP contribution < -0.4 is 19.5 Å². The number of benzene rings is 3. The van der Waals surface area contributed by atoms with Gasteiger partial charge in [-0.15, -0.1) is 0 Å². The van der Waals surface area contributed by atoms with Gasteiger partial charge in [0, 0.05) is 17.1 Å². The van der Waals surface area contributed by atoms with Crippen LogP contribution in [0.5, 0.6) is 23.0 Å². The number of methoxy groups -OCH3 is 1. The van der Waals surface area contributed by atoms with Crippen LogP contribution >= 0.6 is 23.2 Å². The first kappa shape index (κ1) is 27.9. The number of ether oxygens (including phenoxy) is 2. The minimum absolute atomic E-state index is 0.00129. The molecule has 1 amide bonds. The van der Waals surface area contributed by atoms with Crippen molar-refractivity contribution in [2.45, 2.75) is 18.2 Å². The molecule has 0 aliphatic heterocycles. The minimum Gasteiger partial charge on any atom is -0.504 e. The van der Waals surface area contributed by atoms with Crippen LogP contribution in [-0.4, -0.2) is 44.2 Å². The summed E-state index contributed by atoms with van der Waals surface area (Å²) in [6, 6.07) is 10.4. The largest absolute Gasteiger partial charge is 0.504 e. The quantitative estimate of drug-likeness (QED) is 0.275. The van der Waals surface area contributed by atoms with Crippen molar-refractivity contribution in [1.82, 2.24) is 5.32 Å². The Hall–Kier alpha value is -3.67. The number of carboxylic acids is 1. The van der Waals surface area contributed by atoms with Gasteiger partial charge in [-0.3, -0.25) is 14.3 Å². The fourth-order valence-electron chi connectivity index (χ4n) is 3.28. The Morgan fingerprint density at radius 3 is 2.38 bits per heavy atom. The lowest BCUT2D eigenvalue weighted by molar-refractivity contribution is -0.136. The van der Waals surface area contributed by atoms with Gasteiger partial charge in [0.25, 0.3) is 15.9 Å². The Labute approximate surface area is 222 Å². The van der Waals surface area contributed by atoms with E-state index in [1.54, 1.807) is 6.92 Å². The van der Waals surface area contributed by atoms with Crippen molar-refractivity contribution in [2.75, 3.05) is 18.4 Å². The second-order valence-electron chi connectivity index (χ2n) is 7.57. The number of nitrogens with one attached hydrogen (secondary N) is 2. The standard InChI is InChI=1S/C24H22Cl2N2O8S/c1-3-27-24(32)14-4-6-19(36-23-18(29)8-13(10-22(30)31)9-20(23)35-2)17(11-14)28-37(33,34)21-7-5-15(25)12-16(21)26/h4-9,11-12,28-29H,3,10H2,1-2H3,(H,27,32)(H,30,31). The van der Waals surface area contributed by atoms with Gasteiger partial charge >= 0.3 is 5.97 Å². The monoisotopic (exact) mass is 568 g/mol. The lowest BCUT2D eigenvalue weighted by atomic mass is 10.1. The highest BCUT2D eigenvalue weighted by Crippen LogP contribution is 2.43. The summed E-state index contributed by atoms with van der Waals surface area (Å²) in [5, 5.41) is 22.3. The van der Waals surface area contributed by atoms with Gasteiger partial charge in [0.2, 0.25) is 5.75 Å². The van der Waals surface area contributed by atoms with Crippen molar-refractivity contribution in [3.63, 3.8) is 0 Å². The highest BCUT2D eigenvalue weighted by Gasteiger charge is 2.23. The first-order chi connectivity index (χ1) is 17.4. The zero-order chi connectivity index (χ0) is 27.3. The maximum atomic E-state index is 13.2. The van der Waals surface area contributed by atoms with Crippen LogP contribution in [0.3, 0.4) is 0 Å². The lowest BCUT2D eigenvalue weighted by Gasteiger charge is -2.18. The van der Waals surface area contributed by atoms with Crippen LogP contribution in [0.1, 0.15) is 22.8 Å². The second-order valence-corrected chi connectivity index (χ2v) is 10.1. The number of phenols is 1. The lowest BCUT2D eigenvalue weighted by Crippen LogP contribution is -2.23. The van der Waals surface area contributed by atoms with Crippen LogP contribution in [0.2, 0.25) is 10.0 Å². The van der Waals surface area contributed by atoms with Gasteiger partial charge in [-0.1, -0.05) is 23.2 Å². The van der Waals surface area contributed by atoms with E-state index in [4.69, 9.17) is 37.8 Å². The molecule has 0 aliphatic rings. The number of aromatic hydroxyl groups is 1. The first-order valence-electron chi connectivity index (χ1n) is 10.6. The molecule has 0 spiro atoms. The van der Waals surface area contributed by atoms with Crippen LogP contribution in [0, 0.1) is 0 Å². The summed E-state index contributed by atoms with van der Waals surface area (Å²) in [6.45, 7) is 2.07. The van der Waals surface area contributed by atoms with Crippen molar-refractivity contribution in [3.05, 3.63) is 69.7 Å². The molecule has 0 saturated heterocycles. The van der Waals surface area contributed by atoms with E-state index in [0.717, 1.165) is 0 Å². The third kappa shape index (κ3) is 6.76. The van der Waals surface area contributed by atoms with E-state index in [2.05, 4.69) is 10.0 Å². The molecule has 0 atom stereocenters. The fourth-order valence-corrected chi connectivity index (χ4v) is 5.11. The molecular formula is C24H22Cl2N2O8S. The predicted molar refractivity (Wildman–Crippen MR) is 138 cm³/mol. The van der Waals surface area contributed by atoms with E-state index in [9.17, 15) is 23.1 Å². The number of aliphatic carboxylic acids is 1. The fraction of sp³-hybridized carbons (Fsp3) is 0.167. The molecule has 0 bridgehead atoms. The maximum Gasteiger partial charge on any atom is 0.307 e. The van der Waals surface area contributed by atoms with Crippen molar-refractivity contribution in [3.8, 4) is 23.0 Å².